The number of carbonyl (C=O) groups is 1. The minimum Gasteiger partial charge on any atom is -0.357 e. The van der Waals surface area contributed by atoms with Crippen molar-refractivity contribution >= 4 is 11.7 Å². The van der Waals surface area contributed by atoms with E-state index in [2.05, 4.69) is 10.4 Å². The summed E-state index contributed by atoms with van der Waals surface area (Å²) >= 11 is 0. The maximum atomic E-state index is 13.1. The first-order chi connectivity index (χ1) is 11.5. The van der Waals surface area contributed by atoms with E-state index in [0.29, 0.717) is 16.9 Å². The molecule has 0 unspecified atom stereocenters. The van der Waals surface area contributed by atoms with Crippen molar-refractivity contribution in [3.8, 4) is 11.1 Å². The van der Waals surface area contributed by atoms with Gasteiger partial charge < -0.3 is 10.2 Å². The molecule has 6 nitrogen and oxygen atoms in total. The Labute approximate surface area is 138 Å². The van der Waals surface area contributed by atoms with Crippen molar-refractivity contribution in [1.82, 2.24) is 14.7 Å². The van der Waals surface area contributed by atoms with Gasteiger partial charge in [-0.1, -0.05) is 12.1 Å². The van der Waals surface area contributed by atoms with Gasteiger partial charge in [0.1, 0.15) is 17.7 Å². The van der Waals surface area contributed by atoms with Gasteiger partial charge in [-0.15, -0.1) is 0 Å². The summed E-state index contributed by atoms with van der Waals surface area (Å²) in [6.07, 6.45) is 1.03. The Morgan fingerprint density at radius 2 is 1.96 bits per heavy atom. The highest BCUT2D eigenvalue weighted by Gasteiger charge is 2.25. The van der Waals surface area contributed by atoms with Gasteiger partial charge in [0.05, 0.1) is 5.56 Å². The molecule has 1 aromatic carbocycles. The van der Waals surface area contributed by atoms with Crippen LogP contribution in [0.4, 0.5) is 10.2 Å². The molecule has 24 heavy (non-hydrogen) atoms. The Hall–Kier alpha value is -2.70. The average Bonchev–Trinajstić information content (AvgIpc) is 2.50. The van der Waals surface area contributed by atoms with Crippen LogP contribution in [-0.2, 0) is 11.8 Å². The predicted octanol–water partition coefficient (Wildman–Crippen LogP) is 1.62. The molecule has 1 atom stereocenters. The van der Waals surface area contributed by atoms with E-state index < -0.39 is 6.04 Å². The Morgan fingerprint density at radius 3 is 2.54 bits per heavy atom. The number of likely N-dealkylation sites (tertiary alicyclic amines) is 1. The standard InChI is InChI=1S/C17H19FN4O2/c1-11(16(23)22-8-3-9-22)19-15-10-14(17(24)21(2)20-15)12-4-6-13(18)7-5-12/h4-7,10-11H,3,8-9H2,1-2H3,(H,19,20)/t11-/m1/s1. The summed E-state index contributed by atoms with van der Waals surface area (Å²) in [4.78, 5) is 26.3. The lowest BCUT2D eigenvalue weighted by atomic mass is 10.1. The quantitative estimate of drug-likeness (QED) is 0.925. The number of nitrogens with zero attached hydrogens (tertiary/aromatic N) is 3. The van der Waals surface area contributed by atoms with Crippen LogP contribution in [0.2, 0.25) is 0 Å². The van der Waals surface area contributed by atoms with Crippen molar-refractivity contribution in [3.63, 3.8) is 0 Å². The SMILES string of the molecule is C[C@@H](Nc1cc(-c2ccc(F)cc2)c(=O)n(C)n1)C(=O)N1CCC1. The van der Waals surface area contributed by atoms with Crippen LogP contribution in [0.3, 0.4) is 0 Å². The van der Waals surface area contributed by atoms with Gasteiger partial charge in [-0.3, -0.25) is 9.59 Å². The van der Waals surface area contributed by atoms with Crippen LogP contribution < -0.4 is 10.9 Å². The third kappa shape index (κ3) is 3.15. The lowest BCUT2D eigenvalue weighted by Gasteiger charge is -2.33. The van der Waals surface area contributed by atoms with Crippen LogP contribution in [0.1, 0.15) is 13.3 Å². The van der Waals surface area contributed by atoms with Crippen LogP contribution in [0.5, 0.6) is 0 Å². The number of aromatic nitrogens is 2. The van der Waals surface area contributed by atoms with Crippen LogP contribution in [-0.4, -0.2) is 39.7 Å². The second-order valence-corrected chi connectivity index (χ2v) is 5.92. The minimum atomic E-state index is -0.434. The Morgan fingerprint density at radius 1 is 1.29 bits per heavy atom. The molecule has 1 aliphatic rings. The van der Waals surface area contributed by atoms with Gasteiger partial charge in [-0.05, 0) is 37.1 Å². The highest BCUT2D eigenvalue weighted by Crippen LogP contribution is 2.19. The number of aryl methyl sites for hydroxylation is 1. The molecule has 7 heteroatoms. The van der Waals surface area contributed by atoms with Gasteiger partial charge in [-0.25, -0.2) is 9.07 Å². The summed E-state index contributed by atoms with van der Waals surface area (Å²) in [6.45, 7) is 3.34. The molecular formula is C17H19FN4O2. The average molecular weight is 330 g/mol. The maximum absolute atomic E-state index is 13.1. The van der Waals surface area contributed by atoms with Crippen molar-refractivity contribution in [2.75, 3.05) is 18.4 Å². The molecule has 1 saturated heterocycles. The first kappa shape index (κ1) is 16.2. The molecule has 1 fully saturated rings. The molecule has 1 aliphatic heterocycles. The fourth-order valence-electron chi connectivity index (χ4n) is 2.61. The number of amides is 1. The van der Waals surface area contributed by atoms with E-state index in [9.17, 15) is 14.0 Å². The number of hydrogen-bond acceptors (Lipinski definition) is 4. The molecule has 0 bridgehead atoms. The minimum absolute atomic E-state index is 0.0141. The van der Waals surface area contributed by atoms with Crippen molar-refractivity contribution in [3.05, 3.63) is 46.5 Å². The third-order valence-corrected chi connectivity index (χ3v) is 4.12. The van der Waals surface area contributed by atoms with Crippen LogP contribution in [0.25, 0.3) is 11.1 Å². The van der Waals surface area contributed by atoms with E-state index in [4.69, 9.17) is 0 Å². The van der Waals surface area contributed by atoms with E-state index in [1.54, 1.807) is 37.1 Å². The molecule has 0 spiro atoms. The van der Waals surface area contributed by atoms with Gasteiger partial charge in [0.25, 0.3) is 5.56 Å². The lowest BCUT2D eigenvalue weighted by molar-refractivity contribution is -0.135. The highest BCUT2D eigenvalue weighted by atomic mass is 19.1. The smallest absolute Gasteiger partial charge is 0.274 e. The van der Waals surface area contributed by atoms with Gasteiger partial charge in [0, 0.05) is 20.1 Å². The van der Waals surface area contributed by atoms with E-state index in [1.807, 2.05) is 0 Å². The molecule has 3 rings (SSSR count). The fourth-order valence-corrected chi connectivity index (χ4v) is 2.61. The van der Waals surface area contributed by atoms with Crippen molar-refractivity contribution in [2.45, 2.75) is 19.4 Å². The summed E-state index contributed by atoms with van der Waals surface area (Å²) in [5.74, 6) is 0.0785. The summed E-state index contributed by atoms with van der Waals surface area (Å²) in [6, 6.07) is 6.86. The summed E-state index contributed by atoms with van der Waals surface area (Å²) in [5.41, 5.74) is 0.719. The summed E-state index contributed by atoms with van der Waals surface area (Å²) < 4.78 is 14.3. The van der Waals surface area contributed by atoms with Crippen LogP contribution >= 0.6 is 0 Å². The molecule has 0 aliphatic carbocycles. The van der Waals surface area contributed by atoms with Crippen LogP contribution in [0, 0.1) is 5.82 Å². The second-order valence-electron chi connectivity index (χ2n) is 5.92. The number of nitrogens with one attached hydrogen (secondary N) is 1. The van der Waals surface area contributed by atoms with E-state index >= 15 is 0 Å². The van der Waals surface area contributed by atoms with Crippen LogP contribution in [0.15, 0.2) is 35.1 Å². The number of carbonyl (C=O) groups excluding carboxylic acids is 1. The second kappa shape index (κ2) is 6.43. The monoisotopic (exact) mass is 330 g/mol. The maximum Gasteiger partial charge on any atom is 0.274 e. The highest BCUT2D eigenvalue weighted by molar-refractivity contribution is 5.84. The lowest BCUT2D eigenvalue weighted by Crippen LogP contribution is -2.48. The van der Waals surface area contributed by atoms with Gasteiger partial charge in [0.2, 0.25) is 5.91 Å². The zero-order chi connectivity index (χ0) is 17.3. The fraction of sp³-hybridized carbons (Fsp3) is 0.353. The first-order valence-electron chi connectivity index (χ1n) is 7.85. The number of rotatable bonds is 4. The van der Waals surface area contributed by atoms with E-state index in [1.165, 1.54) is 16.8 Å². The number of hydrogen-bond donors (Lipinski definition) is 1. The topological polar surface area (TPSA) is 67.2 Å². The van der Waals surface area contributed by atoms with Crippen molar-refractivity contribution < 1.29 is 9.18 Å². The third-order valence-electron chi connectivity index (χ3n) is 4.12. The Balaban J connectivity index is 1.88. The zero-order valence-electron chi connectivity index (χ0n) is 13.6. The molecule has 1 amide bonds. The van der Waals surface area contributed by atoms with Crippen molar-refractivity contribution in [1.29, 1.82) is 0 Å². The van der Waals surface area contributed by atoms with Gasteiger partial charge in [-0.2, -0.15) is 5.10 Å². The van der Waals surface area contributed by atoms with Gasteiger partial charge in [0.15, 0.2) is 0 Å². The molecule has 1 N–H and O–H groups in total. The number of anilines is 1. The zero-order valence-corrected chi connectivity index (χ0v) is 13.6. The van der Waals surface area contributed by atoms with E-state index in [0.717, 1.165) is 19.5 Å². The molecule has 0 saturated carbocycles. The molecular weight excluding hydrogens is 311 g/mol. The van der Waals surface area contributed by atoms with E-state index in [-0.39, 0.29) is 17.3 Å². The molecule has 2 aromatic rings. The normalized spacial score (nSPS) is 14.9. The predicted molar refractivity (Wildman–Crippen MR) is 89.2 cm³/mol. The first-order valence-corrected chi connectivity index (χ1v) is 7.85. The molecule has 1 aromatic heterocycles. The number of benzene rings is 1. The molecule has 2 heterocycles. The Kier molecular flexibility index (Phi) is 4.33. The Bertz CT molecular complexity index is 812. The molecule has 0 radical (unpaired) electrons. The molecule has 126 valence electrons. The summed E-state index contributed by atoms with van der Waals surface area (Å²) in [5, 5.41) is 7.19. The number of halogens is 1. The van der Waals surface area contributed by atoms with Gasteiger partial charge >= 0.3 is 0 Å². The van der Waals surface area contributed by atoms with Crippen molar-refractivity contribution in [2.24, 2.45) is 7.05 Å². The largest absolute Gasteiger partial charge is 0.357 e. The summed E-state index contributed by atoms with van der Waals surface area (Å²) in [7, 11) is 1.54.